The first kappa shape index (κ1) is 15.8. The van der Waals surface area contributed by atoms with Crippen LogP contribution in [0.2, 0.25) is 0 Å². The van der Waals surface area contributed by atoms with E-state index in [0.717, 1.165) is 26.1 Å². The number of benzene rings is 2. The van der Waals surface area contributed by atoms with Crippen molar-refractivity contribution in [2.75, 3.05) is 20.2 Å². The Labute approximate surface area is 137 Å². The average molecular weight is 309 g/mol. The predicted octanol–water partition coefficient (Wildman–Crippen LogP) is 3.47. The van der Waals surface area contributed by atoms with Crippen molar-refractivity contribution >= 4 is 5.97 Å². The third-order valence-electron chi connectivity index (χ3n) is 4.68. The van der Waals surface area contributed by atoms with E-state index in [1.807, 2.05) is 24.3 Å². The molecule has 2 aromatic rings. The molecule has 3 nitrogen and oxygen atoms in total. The highest BCUT2D eigenvalue weighted by molar-refractivity contribution is 5.73. The molecule has 0 amide bonds. The van der Waals surface area contributed by atoms with Crippen molar-refractivity contribution in [3.63, 3.8) is 0 Å². The van der Waals surface area contributed by atoms with Crippen molar-refractivity contribution < 1.29 is 9.53 Å². The molecule has 2 aromatic carbocycles. The number of hydrogen-bond acceptors (Lipinski definition) is 3. The normalized spacial score (nSPS) is 21.8. The van der Waals surface area contributed by atoms with E-state index in [0.29, 0.717) is 0 Å². The molecule has 120 valence electrons. The molecular weight excluding hydrogens is 286 g/mol. The van der Waals surface area contributed by atoms with E-state index in [1.165, 1.54) is 18.2 Å². The van der Waals surface area contributed by atoms with Crippen molar-refractivity contribution in [3.05, 3.63) is 71.8 Å². The van der Waals surface area contributed by atoms with E-state index in [-0.39, 0.29) is 17.8 Å². The van der Waals surface area contributed by atoms with Crippen molar-refractivity contribution in [2.45, 2.75) is 18.9 Å². The second-order valence-electron chi connectivity index (χ2n) is 6.16. The number of nitrogens with zero attached hydrogens (tertiary/aromatic N) is 1. The molecule has 0 radical (unpaired) electrons. The van der Waals surface area contributed by atoms with Crippen LogP contribution in [0.25, 0.3) is 0 Å². The third kappa shape index (κ3) is 3.80. The van der Waals surface area contributed by atoms with E-state index in [2.05, 4.69) is 41.3 Å². The van der Waals surface area contributed by atoms with Crippen LogP contribution in [0.3, 0.4) is 0 Å². The highest BCUT2D eigenvalue weighted by Crippen LogP contribution is 2.33. The van der Waals surface area contributed by atoms with Gasteiger partial charge in [-0.1, -0.05) is 60.7 Å². The van der Waals surface area contributed by atoms with E-state index in [9.17, 15) is 4.79 Å². The van der Waals surface area contributed by atoms with Gasteiger partial charge in [0.25, 0.3) is 0 Å². The molecule has 0 bridgehead atoms. The van der Waals surface area contributed by atoms with Gasteiger partial charge in [0.05, 0.1) is 13.0 Å². The number of carbonyl (C=O) groups is 1. The first-order chi connectivity index (χ1) is 11.3. The summed E-state index contributed by atoms with van der Waals surface area (Å²) in [7, 11) is 1.49. The van der Waals surface area contributed by atoms with E-state index in [4.69, 9.17) is 4.74 Å². The first-order valence-electron chi connectivity index (χ1n) is 8.17. The lowest BCUT2D eigenvalue weighted by molar-refractivity contribution is -0.148. The summed E-state index contributed by atoms with van der Waals surface area (Å²) in [5.41, 5.74) is 2.54. The van der Waals surface area contributed by atoms with Crippen molar-refractivity contribution in [3.8, 4) is 0 Å². The number of ether oxygens (including phenoxy) is 1. The van der Waals surface area contributed by atoms with Gasteiger partial charge in [-0.15, -0.1) is 0 Å². The van der Waals surface area contributed by atoms with Gasteiger partial charge in [-0.05, 0) is 24.1 Å². The molecule has 0 aromatic heterocycles. The molecule has 2 unspecified atom stereocenters. The number of rotatable bonds is 4. The first-order valence-corrected chi connectivity index (χ1v) is 8.17. The molecule has 1 fully saturated rings. The van der Waals surface area contributed by atoms with Gasteiger partial charge in [-0.3, -0.25) is 9.69 Å². The zero-order valence-corrected chi connectivity index (χ0v) is 13.5. The van der Waals surface area contributed by atoms with Crippen molar-refractivity contribution in [1.29, 1.82) is 0 Å². The number of piperidine rings is 1. The van der Waals surface area contributed by atoms with Gasteiger partial charge in [0, 0.05) is 19.0 Å². The highest BCUT2D eigenvalue weighted by Gasteiger charge is 2.35. The molecule has 1 aliphatic heterocycles. The number of methoxy groups -OCH3 is 1. The minimum Gasteiger partial charge on any atom is -0.469 e. The summed E-state index contributed by atoms with van der Waals surface area (Å²) in [5.74, 6) is 0.0637. The summed E-state index contributed by atoms with van der Waals surface area (Å²) >= 11 is 0. The molecule has 0 N–H and O–H groups in total. The molecule has 0 spiro atoms. The van der Waals surface area contributed by atoms with Crippen LogP contribution < -0.4 is 0 Å². The summed E-state index contributed by atoms with van der Waals surface area (Å²) in [6.07, 6.45) is 0.846. The Morgan fingerprint density at radius 2 is 1.74 bits per heavy atom. The molecule has 1 heterocycles. The molecule has 1 saturated heterocycles. The van der Waals surface area contributed by atoms with Gasteiger partial charge in [-0.2, -0.15) is 0 Å². The van der Waals surface area contributed by atoms with Crippen LogP contribution in [-0.2, 0) is 16.1 Å². The lowest BCUT2D eigenvalue weighted by atomic mass is 9.80. The Kier molecular flexibility index (Phi) is 5.09. The maximum atomic E-state index is 12.2. The van der Waals surface area contributed by atoms with Crippen LogP contribution in [0.4, 0.5) is 0 Å². The Hall–Kier alpha value is -2.13. The summed E-state index contributed by atoms with van der Waals surface area (Å²) in [6, 6.07) is 20.8. The third-order valence-corrected chi connectivity index (χ3v) is 4.68. The fourth-order valence-corrected chi connectivity index (χ4v) is 3.48. The lowest BCUT2D eigenvalue weighted by Gasteiger charge is -2.37. The molecule has 3 heteroatoms. The highest BCUT2D eigenvalue weighted by atomic mass is 16.5. The van der Waals surface area contributed by atoms with Crippen LogP contribution in [0, 0.1) is 5.92 Å². The van der Waals surface area contributed by atoms with Crippen molar-refractivity contribution in [1.82, 2.24) is 4.90 Å². The fraction of sp³-hybridized carbons (Fsp3) is 0.350. The van der Waals surface area contributed by atoms with Crippen LogP contribution >= 0.6 is 0 Å². The summed E-state index contributed by atoms with van der Waals surface area (Å²) in [4.78, 5) is 14.6. The lowest BCUT2D eigenvalue weighted by Crippen LogP contribution is -2.42. The quantitative estimate of drug-likeness (QED) is 0.810. The Bertz CT molecular complexity index is 627. The SMILES string of the molecule is COC(=O)C1CCN(Cc2ccccc2)CC1c1ccccc1. The Morgan fingerprint density at radius 1 is 1.09 bits per heavy atom. The van der Waals surface area contributed by atoms with Gasteiger partial charge in [0.15, 0.2) is 0 Å². The number of likely N-dealkylation sites (tertiary alicyclic amines) is 1. The second-order valence-corrected chi connectivity index (χ2v) is 6.16. The minimum absolute atomic E-state index is 0.0468. The fourth-order valence-electron chi connectivity index (χ4n) is 3.48. The monoisotopic (exact) mass is 309 g/mol. The zero-order chi connectivity index (χ0) is 16.1. The zero-order valence-electron chi connectivity index (χ0n) is 13.5. The van der Waals surface area contributed by atoms with Crippen molar-refractivity contribution in [2.24, 2.45) is 5.92 Å². The summed E-state index contributed by atoms with van der Waals surface area (Å²) < 4.78 is 5.04. The summed E-state index contributed by atoms with van der Waals surface area (Å²) in [5, 5.41) is 0. The molecule has 0 saturated carbocycles. The van der Waals surface area contributed by atoms with E-state index >= 15 is 0 Å². The average Bonchev–Trinajstić information content (AvgIpc) is 2.62. The largest absolute Gasteiger partial charge is 0.469 e. The standard InChI is InChI=1S/C20H23NO2/c1-23-20(22)18-12-13-21(14-16-8-4-2-5-9-16)15-19(18)17-10-6-3-7-11-17/h2-11,18-19H,12-15H2,1H3. The molecule has 0 aliphatic carbocycles. The maximum absolute atomic E-state index is 12.2. The summed E-state index contributed by atoms with van der Waals surface area (Å²) in [6.45, 7) is 2.74. The Balaban J connectivity index is 1.77. The van der Waals surface area contributed by atoms with Crippen LogP contribution in [-0.4, -0.2) is 31.1 Å². The molecular formula is C20H23NO2. The number of hydrogen-bond donors (Lipinski definition) is 0. The van der Waals surface area contributed by atoms with Gasteiger partial charge < -0.3 is 4.74 Å². The number of esters is 1. The van der Waals surface area contributed by atoms with Crippen LogP contribution in [0.1, 0.15) is 23.5 Å². The second kappa shape index (κ2) is 7.42. The molecule has 2 atom stereocenters. The minimum atomic E-state index is -0.0850. The van der Waals surface area contributed by atoms with E-state index < -0.39 is 0 Å². The number of carbonyl (C=O) groups excluding carboxylic acids is 1. The maximum Gasteiger partial charge on any atom is 0.309 e. The Morgan fingerprint density at radius 3 is 2.39 bits per heavy atom. The van der Waals surface area contributed by atoms with Crippen LogP contribution in [0.15, 0.2) is 60.7 Å². The predicted molar refractivity (Wildman–Crippen MR) is 91.0 cm³/mol. The van der Waals surface area contributed by atoms with E-state index in [1.54, 1.807) is 0 Å². The van der Waals surface area contributed by atoms with Gasteiger partial charge in [-0.25, -0.2) is 0 Å². The topological polar surface area (TPSA) is 29.5 Å². The van der Waals surface area contributed by atoms with Gasteiger partial charge >= 0.3 is 5.97 Å². The molecule has 23 heavy (non-hydrogen) atoms. The smallest absolute Gasteiger partial charge is 0.309 e. The van der Waals surface area contributed by atoms with Gasteiger partial charge in [0.1, 0.15) is 0 Å². The molecule has 1 aliphatic rings. The van der Waals surface area contributed by atoms with Gasteiger partial charge in [0.2, 0.25) is 0 Å². The van der Waals surface area contributed by atoms with Crippen LogP contribution in [0.5, 0.6) is 0 Å². The molecule has 3 rings (SSSR count).